The van der Waals surface area contributed by atoms with Crippen molar-refractivity contribution in [2.75, 3.05) is 0 Å². The summed E-state index contributed by atoms with van der Waals surface area (Å²) >= 11 is 0. The van der Waals surface area contributed by atoms with Gasteiger partial charge in [-0.15, -0.1) is 0 Å². The highest BCUT2D eigenvalue weighted by molar-refractivity contribution is 5.92. The van der Waals surface area contributed by atoms with E-state index in [1.807, 2.05) is 24.8 Å². The first kappa shape index (κ1) is 35.7. The van der Waals surface area contributed by atoms with E-state index in [1.54, 1.807) is 0 Å². The molecule has 5 aromatic carbocycles. The van der Waals surface area contributed by atoms with Gasteiger partial charge in [0.2, 0.25) is 0 Å². The van der Waals surface area contributed by atoms with Crippen molar-refractivity contribution in [3.05, 3.63) is 236 Å². The summed E-state index contributed by atoms with van der Waals surface area (Å²) in [7, 11) is 0. The van der Waals surface area contributed by atoms with Crippen molar-refractivity contribution < 1.29 is 0 Å². The van der Waals surface area contributed by atoms with Crippen LogP contribution < -0.4 is 0 Å². The fraction of sp³-hybridized carbons (Fsp3) is 0.0769. The van der Waals surface area contributed by atoms with Crippen molar-refractivity contribution in [3.63, 3.8) is 0 Å². The average molecular weight is 697 g/mol. The Morgan fingerprint density at radius 3 is 0.963 bits per heavy atom. The first-order chi connectivity index (χ1) is 26.4. The van der Waals surface area contributed by atoms with E-state index in [0.717, 1.165) is 22.3 Å². The smallest absolute Gasteiger partial charge is 0.0273 e. The van der Waals surface area contributed by atoms with E-state index in [4.69, 9.17) is 0 Å². The minimum atomic E-state index is 1.15. The van der Waals surface area contributed by atoms with Crippen molar-refractivity contribution >= 4 is 47.6 Å². The van der Waals surface area contributed by atoms with E-state index in [2.05, 4.69) is 208 Å². The molecule has 0 saturated heterocycles. The van der Waals surface area contributed by atoms with Crippen LogP contribution in [0.15, 0.2) is 158 Å². The topological polar surface area (TPSA) is 25.8 Å². The number of aromatic nitrogens is 2. The SMILES string of the molecule is Cc1c(C)c(C=Cc2ccc(C=C(c3ccccc3)c3ccncc3)cc2)c(C)c(C)c1C=Cc1ccc(C=C(c2ccccc2)c2ccncc2)cc1. The standard InChI is InChI=1S/C52H44N2/c1-37-38(2)50(26-24-42-17-21-44(22-18-42)36-52(46-13-9-6-10-14-46)48-29-33-54-34-30-48)40(4)39(3)49(37)25-23-41-15-19-43(20-16-41)35-51(45-11-7-5-8-12-45)47-27-31-53-32-28-47/h5-36H,1-4H3. The molecule has 7 aromatic rings. The molecule has 0 amide bonds. The molecule has 0 N–H and O–H groups in total. The molecule has 0 bridgehead atoms. The predicted molar refractivity (Wildman–Crippen MR) is 231 cm³/mol. The quantitative estimate of drug-likeness (QED) is 0.133. The number of rotatable bonds is 10. The molecule has 262 valence electrons. The largest absolute Gasteiger partial charge is 0.265 e. The Labute approximate surface area is 320 Å². The number of hydrogen-bond acceptors (Lipinski definition) is 2. The minimum absolute atomic E-state index is 1.15. The van der Waals surface area contributed by atoms with Gasteiger partial charge in [0, 0.05) is 24.8 Å². The van der Waals surface area contributed by atoms with Gasteiger partial charge < -0.3 is 0 Å². The van der Waals surface area contributed by atoms with Crippen LogP contribution in [-0.2, 0) is 0 Å². The molecule has 0 saturated carbocycles. The third-order valence-corrected chi connectivity index (χ3v) is 10.3. The van der Waals surface area contributed by atoms with E-state index in [1.165, 1.54) is 66.8 Å². The molecule has 2 nitrogen and oxygen atoms in total. The van der Waals surface area contributed by atoms with Crippen LogP contribution in [-0.4, -0.2) is 9.97 Å². The molecular formula is C52H44N2. The molecule has 0 aliphatic rings. The van der Waals surface area contributed by atoms with Gasteiger partial charge in [0.25, 0.3) is 0 Å². The number of benzene rings is 5. The van der Waals surface area contributed by atoms with E-state index in [-0.39, 0.29) is 0 Å². The van der Waals surface area contributed by atoms with Crippen molar-refractivity contribution in [2.45, 2.75) is 27.7 Å². The van der Waals surface area contributed by atoms with E-state index < -0.39 is 0 Å². The van der Waals surface area contributed by atoms with Gasteiger partial charge in [-0.1, -0.05) is 133 Å². The summed E-state index contributed by atoms with van der Waals surface area (Å²) in [6.07, 6.45) is 20.9. The van der Waals surface area contributed by atoms with Crippen LogP contribution in [0.4, 0.5) is 0 Å². The molecule has 0 aliphatic carbocycles. The lowest BCUT2D eigenvalue weighted by Gasteiger charge is -2.17. The molecular weight excluding hydrogens is 653 g/mol. The zero-order chi connectivity index (χ0) is 37.3. The third-order valence-electron chi connectivity index (χ3n) is 10.3. The van der Waals surface area contributed by atoms with Crippen molar-refractivity contribution in [2.24, 2.45) is 0 Å². The maximum atomic E-state index is 4.22. The Morgan fingerprint density at radius 2 is 0.630 bits per heavy atom. The molecule has 0 aliphatic heterocycles. The van der Waals surface area contributed by atoms with Crippen LogP contribution in [0.5, 0.6) is 0 Å². The molecule has 0 atom stereocenters. The minimum Gasteiger partial charge on any atom is -0.265 e. The number of nitrogens with zero attached hydrogens (tertiary/aromatic N) is 2. The molecule has 0 radical (unpaired) electrons. The van der Waals surface area contributed by atoms with Crippen LogP contribution in [0, 0.1) is 27.7 Å². The van der Waals surface area contributed by atoms with Gasteiger partial charge in [0.1, 0.15) is 0 Å². The monoisotopic (exact) mass is 696 g/mol. The zero-order valence-corrected chi connectivity index (χ0v) is 31.4. The first-order valence-corrected chi connectivity index (χ1v) is 18.5. The highest BCUT2D eigenvalue weighted by atomic mass is 14.6. The summed E-state index contributed by atoms with van der Waals surface area (Å²) in [4.78, 5) is 8.44. The Morgan fingerprint density at radius 1 is 0.333 bits per heavy atom. The molecule has 54 heavy (non-hydrogen) atoms. The summed E-state index contributed by atoms with van der Waals surface area (Å²) in [6, 6.07) is 46.9. The second kappa shape index (κ2) is 16.8. The highest BCUT2D eigenvalue weighted by Crippen LogP contribution is 2.31. The molecule has 2 heterocycles. The van der Waals surface area contributed by atoms with Gasteiger partial charge in [-0.05, 0) is 153 Å². The molecule has 0 spiro atoms. The van der Waals surface area contributed by atoms with Gasteiger partial charge in [-0.2, -0.15) is 0 Å². The Kier molecular flexibility index (Phi) is 11.1. The van der Waals surface area contributed by atoms with Crippen molar-refractivity contribution in [3.8, 4) is 0 Å². The molecule has 2 heteroatoms. The van der Waals surface area contributed by atoms with Gasteiger partial charge in [-0.25, -0.2) is 0 Å². The Balaban J connectivity index is 1.09. The second-order valence-corrected chi connectivity index (χ2v) is 13.6. The van der Waals surface area contributed by atoms with E-state index in [0.29, 0.717) is 0 Å². The average Bonchev–Trinajstić information content (AvgIpc) is 3.23. The second-order valence-electron chi connectivity index (χ2n) is 13.6. The Hall–Kier alpha value is -6.64. The number of pyridine rings is 2. The lowest BCUT2D eigenvalue weighted by Crippen LogP contribution is -1.99. The lowest BCUT2D eigenvalue weighted by atomic mass is 9.88. The first-order valence-electron chi connectivity index (χ1n) is 18.5. The zero-order valence-electron chi connectivity index (χ0n) is 31.4. The van der Waals surface area contributed by atoms with Crippen LogP contribution >= 0.6 is 0 Å². The predicted octanol–water partition coefficient (Wildman–Crippen LogP) is 13.2. The fourth-order valence-electron chi connectivity index (χ4n) is 6.93. The molecule has 2 aromatic heterocycles. The fourth-order valence-corrected chi connectivity index (χ4v) is 6.93. The van der Waals surface area contributed by atoms with Crippen molar-refractivity contribution in [1.29, 1.82) is 0 Å². The van der Waals surface area contributed by atoms with Crippen LogP contribution in [0.2, 0.25) is 0 Å². The molecule has 0 unspecified atom stereocenters. The highest BCUT2D eigenvalue weighted by Gasteiger charge is 2.12. The van der Waals surface area contributed by atoms with Gasteiger partial charge >= 0.3 is 0 Å². The molecule has 0 fully saturated rings. The maximum absolute atomic E-state index is 4.22. The van der Waals surface area contributed by atoms with E-state index in [9.17, 15) is 0 Å². The normalized spacial score (nSPS) is 12.1. The summed E-state index contributed by atoms with van der Waals surface area (Å²) in [5.41, 5.74) is 19.5. The van der Waals surface area contributed by atoms with Crippen LogP contribution in [0.1, 0.15) is 77.9 Å². The Bertz CT molecular complexity index is 2160. The molecule has 7 rings (SSSR count). The summed E-state index contributed by atoms with van der Waals surface area (Å²) < 4.78 is 0. The van der Waals surface area contributed by atoms with Gasteiger partial charge in [0.05, 0.1) is 0 Å². The van der Waals surface area contributed by atoms with Crippen molar-refractivity contribution in [1.82, 2.24) is 9.97 Å². The summed E-state index contributed by atoms with van der Waals surface area (Å²) in [5, 5.41) is 0. The third kappa shape index (κ3) is 8.36. The number of hydrogen-bond donors (Lipinski definition) is 0. The van der Waals surface area contributed by atoms with E-state index >= 15 is 0 Å². The summed E-state index contributed by atoms with van der Waals surface area (Å²) in [6.45, 7) is 8.96. The summed E-state index contributed by atoms with van der Waals surface area (Å²) in [5.74, 6) is 0. The van der Waals surface area contributed by atoms with Crippen LogP contribution in [0.25, 0.3) is 47.6 Å². The maximum Gasteiger partial charge on any atom is 0.0273 e. The van der Waals surface area contributed by atoms with Crippen LogP contribution in [0.3, 0.4) is 0 Å². The van der Waals surface area contributed by atoms with Gasteiger partial charge in [0.15, 0.2) is 0 Å². The lowest BCUT2D eigenvalue weighted by molar-refractivity contribution is 1.21. The van der Waals surface area contributed by atoms with Gasteiger partial charge in [-0.3, -0.25) is 9.97 Å².